The quantitative estimate of drug-likeness (QED) is 0.831. The van der Waals surface area contributed by atoms with E-state index in [2.05, 4.69) is 15.4 Å². The second-order valence-corrected chi connectivity index (χ2v) is 4.57. The van der Waals surface area contributed by atoms with Crippen LogP contribution in [-0.4, -0.2) is 31.9 Å². The van der Waals surface area contributed by atoms with E-state index >= 15 is 0 Å². The predicted molar refractivity (Wildman–Crippen MR) is 78.3 cm³/mol. The molecule has 122 valence electrons. The Hall–Kier alpha value is -1.73. The normalized spacial score (nSPS) is 14.6. The van der Waals surface area contributed by atoms with Gasteiger partial charge in [-0.2, -0.15) is 0 Å². The molecule has 0 saturated carbocycles. The van der Waals surface area contributed by atoms with Crippen LogP contribution in [0.15, 0.2) is 35.9 Å². The first-order chi connectivity index (χ1) is 9.94. The van der Waals surface area contributed by atoms with Gasteiger partial charge in [-0.3, -0.25) is 4.79 Å². The lowest BCUT2D eigenvalue weighted by Gasteiger charge is -2.14. The van der Waals surface area contributed by atoms with Gasteiger partial charge in [-0.15, -0.1) is 25.6 Å². The second kappa shape index (κ2) is 8.05. The Kier molecular flexibility index (Phi) is 6.70. The van der Waals surface area contributed by atoms with Gasteiger partial charge in [0.2, 0.25) is 0 Å². The predicted octanol–water partition coefficient (Wildman–Crippen LogP) is 2.66. The van der Waals surface area contributed by atoms with Gasteiger partial charge in [0.05, 0.1) is 0 Å². The van der Waals surface area contributed by atoms with Crippen molar-refractivity contribution in [2.45, 2.75) is 12.8 Å². The average Bonchev–Trinajstić information content (AvgIpc) is 2.45. The van der Waals surface area contributed by atoms with Crippen LogP contribution in [0.25, 0.3) is 0 Å². The molecule has 1 aromatic rings. The Morgan fingerprint density at radius 2 is 1.95 bits per heavy atom. The molecule has 0 saturated heterocycles. The van der Waals surface area contributed by atoms with E-state index < -0.39 is 6.36 Å². The van der Waals surface area contributed by atoms with E-state index in [0.717, 1.165) is 37.2 Å². The van der Waals surface area contributed by atoms with Crippen molar-refractivity contribution in [2.75, 3.05) is 19.6 Å². The van der Waals surface area contributed by atoms with Gasteiger partial charge in [0.25, 0.3) is 5.91 Å². The second-order valence-electron chi connectivity index (χ2n) is 4.57. The van der Waals surface area contributed by atoms with Gasteiger partial charge < -0.3 is 15.4 Å². The molecular formula is C14H16ClF3N2O2. The van der Waals surface area contributed by atoms with Gasteiger partial charge in [-0.25, -0.2) is 0 Å². The van der Waals surface area contributed by atoms with E-state index in [4.69, 9.17) is 0 Å². The maximum atomic E-state index is 12.0. The van der Waals surface area contributed by atoms with E-state index in [1.165, 1.54) is 12.1 Å². The fourth-order valence-corrected chi connectivity index (χ4v) is 1.93. The number of carbonyl (C=O) groups is 1. The van der Waals surface area contributed by atoms with Gasteiger partial charge >= 0.3 is 6.36 Å². The summed E-state index contributed by atoms with van der Waals surface area (Å²) in [5.41, 5.74) is 1.43. The molecule has 1 aromatic carbocycles. The fourth-order valence-electron chi connectivity index (χ4n) is 1.93. The van der Waals surface area contributed by atoms with Crippen LogP contribution < -0.4 is 15.4 Å². The number of carbonyl (C=O) groups excluding carboxylic acids is 1. The van der Waals surface area contributed by atoms with Gasteiger partial charge in [0.1, 0.15) is 5.75 Å². The highest BCUT2D eigenvalue weighted by atomic mass is 35.5. The fraction of sp³-hybridized carbons (Fsp3) is 0.357. The number of benzene rings is 1. The summed E-state index contributed by atoms with van der Waals surface area (Å²) < 4.78 is 39.8. The number of alkyl halides is 3. The summed E-state index contributed by atoms with van der Waals surface area (Å²) in [7, 11) is 0. The summed E-state index contributed by atoms with van der Waals surface area (Å²) in [5, 5.41) is 5.90. The molecule has 1 amide bonds. The molecule has 1 aliphatic rings. The summed E-state index contributed by atoms with van der Waals surface area (Å²) in [6.45, 7) is 2.11. The zero-order valence-corrected chi connectivity index (χ0v) is 12.4. The third-order valence-electron chi connectivity index (χ3n) is 2.98. The number of hydrogen-bond donors (Lipinski definition) is 2. The third-order valence-corrected chi connectivity index (χ3v) is 2.98. The summed E-state index contributed by atoms with van der Waals surface area (Å²) >= 11 is 0. The van der Waals surface area contributed by atoms with Crippen LogP contribution in [0.1, 0.15) is 16.8 Å². The number of ether oxygens (including phenoxy) is 1. The standard InChI is InChI=1S/C14H15F3N2O2.ClH/c15-14(16,17)21-12-3-1-11(2-4-12)13(20)19-9-10-5-7-18-8-6-10;/h1-5,18H,6-9H2,(H,19,20);1H. The lowest BCUT2D eigenvalue weighted by atomic mass is 10.1. The maximum Gasteiger partial charge on any atom is 0.573 e. The molecule has 8 heteroatoms. The van der Waals surface area contributed by atoms with Crippen LogP contribution in [0.2, 0.25) is 0 Å². The minimum atomic E-state index is -4.73. The summed E-state index contributed by atoms with van der Waals surface area (Å²) in [6.07, 6.45) is -1.84. The topological polar surface area (TPSA) is 50.4 Å². The minimum absolute atomic E-state index is 0. The third kappa shape index (κ3) is 5.95. The monoisotopic (exact) mass is 336 g/mol. The smallest absolute Gasteiger partial charge is 0.406 e. The highest BCUT2D eigenvalue weighted by molar-refractivity contribution is 5.94. The van der Waals surface area contributed by atoms with Gasteiger partial charge in [-0.05, 0) is 37.2 Å². The van der Waals surface area contributed by atoms with Crippen molar-refractivity contribution in [2.24, 2.45) is 0 Å². The molecular weight excluding hydrogens is 321 g/mol. The minimum Gasteiger partial charge on any atom is -0.406 e. The molecule has 2 rings (SSSR count). The van der Waals surface area contributed by atoms with E-state index in [1.807, 2.05) is 6.08 Å². The lowest BCUT2D eigenvalue weighted by molar-refractivity contribution is -0.274. The molecule has 0 bridgehead atoms. The zero-order chi connectivity index (χ0) is 15.3. The molecule has 22 heavy (non-hydrogen) atoms. The molecule has 0 aromatic heterocycles. The molecule has 1 heterocycles. The Bertz CT molecular complexity index is 530. The number of nitrogens with one attached hydrogen (secondary N) is 2. The number of amides is 1. The Morgan fingerprint density at radius 1 is 1.27 bits per heavy atom. The molecule has 0 unspecified atom stereocenters. The summed E-state index contributed by atoms with van der Waals surface area (Å²) in [6, 6.07) is 4.83. The van der Waals surface area contributed by atoms with E-state index in [0.29, 0.717) is 12.1 Å². The van der Waals surface area contributed by atoms with Crippen molar-refractivity contribution in [1.29, 1.82) is 0 Å². The zero-order valence-electron chi connectivity index (χ0n) is 11.6. The van der Waals surface area contributed by atoms with Crippen LogP contribution in [0.4, 0.5) is 13.2 Å². The highest BCUT2D eigenvalue weighted by Gasteiger charge is 2.31. The molecule has 2 N–H and O–H groups in total. The van der Waals surface area contributed by atoms with Gasteiger partial charge in [-0.1, -0.05) is 11.6 Å². The molecule has 0 fully saturated rings. The largest absolute Gasteiger partial charge is 0.573 e. The van der Waals surface area contributed by atoms with Crippen molar-refractivity contribution in [3.8, 4) is 5.75 Å². The lowest BCUT2D eigenvalue weighted by Crippen LogP contribution is -2.29. The van der Waals surface area contributed by atoms with Crippen LogP contribution >= 0.6 is 12.4 Å². The Labute approximate surface area is 132 Å². The molecule has 0 aliphatic carbocycles. The SMILES string of the molecule is Cl.O=C(NCC1=CCNCC1)c1ccc(OC(F)(F)F)cc1. The molecule has 0 radical (unpaired) electrons. The molecule has 0 spiro atoms. The number of rotatable bonds is 4. The molecule has 4 nitrogen and oxygen atoms in total. The summed E-state index contributed by atoms with van der Waals surface area (Å²) in [4.78, 5) is 11.9. The van der Waals surface area contributed by atoms with Gasteiger partial charge in [0.15, 0.2) is 0 Å². The number of halogens is 4. The Balaban J connectivity index is 0.00000242. The molecule has 1 aliphatic heterocycles. The number of hydrogen-bond acceptors (Lipinski definition) is 3. The van der Waals surface area contributed by atoms with Crippen molar-refractivity contribution in [1.82, 2.24) is 10.6 Å². The van der Waals surface area contributed by atoms with Crippen LogP contribution in [0.3, 0.4) is 0 Å². The average molecular weight is 337 g/mol. The van der Waals surface area contributed by atoms with Crippen molar-refractivity contribution in [3.63, 3.8) is 0 Å². The highest BCUT2D eigenvalue weighted by Crippen LogP contribution is 2.22. The summed E-state index contributed by atoms with van der Waals surface area (Å²) in [5.74, 6) is -0.673. The van der Waals surface area contributed by atoms with E-state index in [1.54, 1.807) is 0 Å². The Morgan fingerprint density at radius 3 is 2.50 bits per heavy atom. The van der Waals surface area contributed by atoms with E-state index in [9.17, 15) is 18.0 Å². The first-order valence-corrected chi connectivity index (χ1v) is 6.47. The van der Waals surface area contributed by atoms with Crippen molar-refractivity contribution in [3.05, 3.63) is 41.5 Å². The van der Waals surface area contributed by atoms with Crippen molar-refractivity contribution >= 4 is 18.3 Å². The van der Waals surface area contributed by atoms with Gasteiger partial charge in [0, 0.05) is 18.7 Å². The van der Waals surface area contributed by atoms with Crippen molar-refractivity contribution < 1.29 is 22.7 Å². The first kappa shape index (κ1) is 18.3. The van der Waals surface area contributed by atoms with Crippen LogP contribution in [0.5, 0.6) is 5.75 Å². The van der Waals surface area contributed by atoms with Crippen LogP contribution in [-0.2, 0) is 0 Å². The maximum absolute atomic E-state index is 12.0. The van der Waals surface area contributed by atoms with E-state index in [-0.39, 0.29) is 24.1 Å². The first-order valence-electron chi connectivity index (χ1n) is 6.47. The van der Waals surface area contributed by atoms with Crippen LogP contribution in [0, 0.1) is 0 Å². The molecule has 0 atom stereocenters.